The molecule has 1 rings (SSSR count). The van der Waals surface area contributed by atoms with Crippen LogP contribution in [0.4, 0.5) is 0 Å². The van der Waals surface area contributed by atoms with Crippen molar-refractivity contribution in [1.82, 2.24) is 4.98 Å². The van der Waals surface area contributed by atoms with Gasteiger partial charge >= 0.3 is 0 Å². The lowest BCUT2D eigenvalue weighted by atomic mass is 10.1. The number of nitrogens with zero attached hydrogens (tertiary/aromatic N) is 1. The minimum absolute atomic E-state index is 0.00972. The summed E-state index contributed by atoms with van der Waals surface area (Å²) in [6.07, 6.45) is 4.45. The van der Waals surface area contributed by atoms with Crippen molar-refractivity contribution in [2.45, 2.75) is 12.8 Å². The molecule has 3 heteroatoms. The Morgan fingerprint density at radius 2 is 2.08 bits per heavy atom. The number of pyridine rings is 1. The molecule has 0 aliphatic carbocycles. The summed E-state index contributed by atoms with van der Waals surface area (Å²) in [5.41, 5.74) is 0.617. The largest absolute Gasteiger partial charge is 0.303 e. The van der Waals surface area contributed by atoms with Gasteiger partial charge in [0.15, 0.2) is 5.78 Å². The van der Waals surface area contributed by atoms with Crippen LogP contribution in [-0.2, 0) is 4.79 Å². The quantitative estimate of drug-likeness (QED) is 0.495. The molecule has 0 aliphatic heterocycles. The smallest absolute Gasteiger partial charge is 0.163 e. The fourth-order valence-corrected chi connectivity index (χ4v) is 0.872. The van der Waals surface area contributed by atoms with E-state index in [0.29, 0.717) is 12.0 Å². The van der Waals surface area contributed by atoms with Crippen molar-refractivity contribution in [3.8, 4) is 0 Å². The molecule has 0 saturated heterocycles. The Labute approximate surface area is 70.4 Å². The minimum Gasteiger partial charge on any atom is -0.303 e. The number of Topliss-reactive ketones (excluding diaryl/α,β-unsaturated/α-hetero) is 1. The second-order valence-corrected chi connectivity index (χ2v) is 2.36. The Bertz CT molecular complexity index is 269. The monoisotopic (exact) mass is 163 g/mol. The highest BCUT2D eigenvalue weighted by molar-refractivity contribution is 5.96. The van der Waals surface area contributed by atoms with Gasteiger partial charge in [-0.15, -0.1) is 0 Å². The Morgan fingerprint density at radius 3 is 2.67 bits per heavy atom. The van der Waals surface area contributed by atoms with E-state index < -0.39 is 0 Å². The molecule has 1 aromatic heterocycles. The summed E-state index contributed by atoms with van der Waals surface area (Å²) in [4.78, 5) is 25.0. The Kier molecular flexibility index (Phi) is 3.14. The number of rotatable bonds is 4. The number of hydrogen-bond acceptors (Lipinski definition) is 3. The summed E-state index contributed by atoms with van der Waals surface area (Å²) in [5, 5.41) is 0. The SMILES string of the molecule is O=CCCC(=O)c1ccncc1. The molecule has 0 radical (unpaired) electrons. The van der Waals surface area contributed by atoms with Crippen molar-refractivity contribution < 1.29 is 9.59 Å². The minimum atomic E-state index is -0.00972. The van der Waals surface area contributed by atoms with Gasteiger partial charge < -0.3 is 4.79 Å². The zero-order valence-corrected chi connectivity index (χ0v) is 6.56. The second kappa shape index (κ2) is 4.38. The maximum atomic E-state index is 11.2. The molecule has 0 spiro atoms. The van der Waals surface area contributed by atoms with Crippen molar-refractivity contribution in [3.05, 3.63) is 30.1 Å². The molecule has 1 aromatic rings. The van der Waals surface area contributed by atoms with Gasteiger partial charge in [0.2, 0.25) is 0 Å². The van der Waals surface area contributed by atoms with Crippen molar-refractivity contribution in [2.75, 3.05) is 0 Å². The number of hydrogen-bond donors (Lipinski definition) is 0. The van der Waals surface area contributed by atoms with Gasteiger partial charge in [-0.1, -0.05) is 0 Å². The van der Waals surface area contributed by atoms with Crippen molar-refractivity contribution in [2.24, 2.45) is 0 Å². The van der Waals surface area contributed by atoms with Gasteiger partial charge in [0.25, 0.3) is 0 Å². The third-order valence-corrected chi connectivity index (χ3v) is 1.49. The van der Waals surface area contributed by atoms with Gasteiger partial charge in [0.05, 0.1) is 0 Å². The maximum Gasteiger partial charge on any atom is 0.163 e. The molecule has 0 bridgehead atoms. The lowest BCUT2D eigenvalue weighted by Crippen LogP contribution is -1.98. The van der Waals surface area contributed by atoms with Gasteiger partial charge in [0.1, 0.15) is 6.29 Å². The van der Waals surface area contributed by atoms with Gasteiger partial charge in [-0.2, -0.15) is 0 Å². The number of aromatic nitrogens is 1. The molecule has 62 valence electrons. The highest BCUT2D eigenvalue weighted by Crippen LogP contribution is 2.02. The summed E-state index contributed by atoms with van der Waals surface area (Å²) in [7, 11) is 0. The molecule has 0 N–H and O–H groups in total. The van der Waals surface area contributed by atoms with Crippen LogP contribution in [0, 0.1) is 0 Å². The van der Waals surface area contributed by atoms with E-state index in [1.165, 1.54) is 0 Å². The van der Waals surface area contributed by atoms with Gasteiger partial charge in [0, 0.05) is 30.8 Å². The summed E-state index contributed by atoms with van der Waals surface area (Å²) >= 11 is 0. The average molecular weight is 163 g/mol. The van der Waals surface area contributed by atoms with E-state index in [-0.39, 0.29) is 12.2 Å². The summed E-state index contributed by atoms with van der Waals surface area (Å²) in [5.74, 6) is -0.00972. The first kappa shape index (κ1) is 8.59. The van der Waals surface area contributed by atoms with Crippen molar-refractivity contribution >= 4 is 12.1 Å². The van der Waals surface area contributed by atoms with E-state index in [1.54, 1.807) is 24.5 Å². The van der Waals surface area contributed by atoms with E-state index in [1.807, 2.05) is 0 Å². The van der Waals surface area contributed by atoms with Crippen LogP contribution in [0.5, 0.6) is 0 Å². The van der Waals surface area contributed by atoms with Gasteiger partial charge in [-0.25, -0.2) is 0 Å². The summed E-state index contributed by atoms with van der Waals surface area (Å²) < 4.78 is 0. The van der Waals surface area contributed by atoms with Crippen molar-refractivity contribution in [1.29, 1.82) is 0 Å². The number of carbonyl (C=O) groups is 2. The predicted octanol–water partition coefficient (Wildman–Crippen LogP) is 1.24. The molecule has 0 unspecified atom stereocenters. The van der Waals surface area contributed by atoms with E-state index in [2.05, 4.69) is 4.98 Å². The van der Waals surface area contributed by atoms with E-state index >= 15 is 0 Å². The van der Waals surface area contributed by atoms with Crippen LogP contribution in [-0.4, -0.2) is 17.1 Å². The predicted molar refractivity (Wildman–Crippen MR) is 43.9 cm³/mol. The molecule has 0 atom stereocenters. The number of aldehydes is 1. The first-order valence-electron chi connectivity index (χ1n) is 3.71. The van der Waals surface area contributed by atoms with Gasteiger partial charge in [-0.3, -0.25) is 9.78 Å². The topological polar surface area (TPSA) is 47.0 Å². The molecular formula is C9H9NO2. The third-order valence-electron chi connectivity index (χ3n) is 1.49. The Balaban J connectivity index is 2.59. The van der Waals surface area contributed by atoms with Crippen LogP contribution < -0.4 is 0 Å². The van der Waals surface area contributed by atoms with Crippen LogP contribution in [0.1, 0.15) is 23.2 Å². The molecule has 0 aliphatic rings. The standard InChI is InChI=1S/C9H9NO2/c11-7-1-2-9(12)8-3-5-10-6-4-8/h3-7H,1-2H2. The highest BCUT2D eigenvalue weighted by Gasteiger charge is 2.02. The van der Waals surface area contributed by atoms with Gasteiger partial charge in [-0.05, 0) is 12.1 Å². The van der Waals surface area contributed by atoms with Crippen LogP contribution in [0.3, 0.4) is 0 Å². The molecule has 12 heavy (non-hydrogen) atoms. The lowest BCUT2D eigenvalue weighted by molar-refractivity contribution is -0.107. The fourth-order valence-electron chi connectivity index (χ4n) is 0.872. The molecule has 1 heterocycles. The Hall–Kier alpha value is -1.51. The fraction of sp³-hybridized carbons (Fsp3) is 0.222. The van der Waals surface area contributed by atoms with Crippen LogP contribution >= 0.6 is 0 Å². The summed E-state index contributed by atoms with van der Waals surface area (Å²) in [6, 6.07) is 3.29. The molecule has 0 saturated carbocycles. The first-order chi connectivity index (χ1) is 5.84. The molecule has 3 nitrogen and oxygen atoms in total. The molecular weight excluding hydrogens is 154 g/mol. The zero-order valence-electron chi connectivity index (χ0n) is 6.56. The summed E-state index contributed by atoms with van der Waals surface area (Å²) in [6.45, 7) is 0. The third kappa shape index (κ3) is 2.27. The Morgan fingerprint density at radius 1 is 1.42 bits per heavy atom. The average Bonchev–Trinajstić information content (AvgIpc) is 2.15. The molecule has 0 aromatic carbocycles. The van der Waals surface area contributed by atoms with Crippen LogP contribution in [0.25, 0.3) is 0 Å². The van der Waals surface area contributed by atoms with Crippen LogP contribution in [0.15, 0.2) is 24.5 Å². The molecule has 0 amide bonds. The maximum absolute atomic E-state index is 11.2. The lowest BCUT2D eigenvalue weighted by Gasteiger charge is -1.95. The van der Waals surface area contributed by atoms with Crippen LogP contribution in [0.2, 0.25) is 0 Å². The number of ketones is 1. The first-order valence-corrected chi connectivity index (χ1v) is 3.71. The normalized spacial score (nSPS) is 9.33. The number of carbonyl (C=O) groups excluding carboxylic acids is 2. The van der Waals surface area contributed by atoms with Crippen molar-refractivity contribution in [3.63, 3.8) is 0 Å². The van der Waals surface area contributed by atoms with E-state index in [4.69, 9.17) is 0 Å². The van der Waals surface area contributed by atoms with E-state index in [9.17, 15) is 9.59 Å². The zero-order chi connectivity index (χ0) is 8.81. The molecule has 0 fully saturated rings. The highest BCUT2D eigenvalue weighted by atomic mass is 16.1. The second-order valence-electron chi connectivity index (χ2n) is 2.36. The van der Waals surface area contributed by atoms with E-state index in [0.717, 1.165) is 6.29 Å².